The Labute approximate surface area is 116 Å². The van der Waals surface area contributed by atoms with Crippen LogP contribution in [0.2, 0.25) is 10.0 Å². The molecule has 0 amide bonds. The summed E-state index contributed by atoms with van der Waals surface area (Å²) in [5.41, 5.74) is 0.959. The number of hydrogen-bond donors (Lipinski definition) is 1. The molecule has 7 heteroatoms. The predicted octanol–water partition coefficient (Wildman–Crippen LogP) is 4.08. The lowest BCUT2D eigenvalue weighted by molar-refractivity contribution is 0.154. The number of aryl methyl sites for hydroxylation is 1. The third-order valence-corrected chi connectivity index (χ3v) is 3.61. The van der Waals surface area contributed by atoms with Gasteiger partial charge in [-0.2, -0.15) is 0 Å². The van der Waals surface area contributed by atoms with Crippen LogP contribution in [-0.2, 0) is 20.0 Å². The lowest BCUT2D eigenvalue weighted by atomic mass is 10.1. The van der Waals surface area contributed by atoms with E-state index in [1.54, 1.807) is 25.1 Å². The molecule has 0 aliphatic carbocycles. The van der Waals surface area contributed by atoms with E-state index < -0.39 is 7.82 Å². The van der Waals surface area contributed by atoms with Gasteiger partial charge in [0.25, 0.3) is 0 Å². The van der Waals surface area contributed by atoms with Gasteiger partial charge >= 0.3 is 7.82 Å². The quantitative estimate of drug-likeness (QED) is 0.609. The van der Waals surface area contributed by atoms with E-state index in [0.29, 0.717) is 22.9 Å². The van der Waals surface area contributed by atoms with Crippen LogP contribution in [0.3, 0.4) is 0 Å². The minimum absolute atomic E-state index is 0.137. The van der Waals surface area contributed by atoms with Crippen molar-refractivity contribution in [3.63, 3.8) is 0 Å². The second-order valence-electron chi connectivity index (χ2n) is 3.60. The second kappa shape index (κ2) is 7.49. The summed E-state index contributed by atoms with van der Waals surface area (Å²) in [4.78, 5) is 9.17. The molecule has 0 aliphatic rings. The van der Waals surface area contributed by atoms with Gasteiger partial charge in [-0.05, 0) is 43.5 Å². The van der Waals surface area contributed by atoms with Crippen molar-refractivity contribution in [3.8, 4) is 0 Å². The summed E-state index contributed by atoms with van der Waals surface area (Å²) < 4.78 is 20.5. The minimum Gasteiger partial charge on any atom is -0.302 e. The average molecular weight is 313 g/mol. The van der Waals surface area contributed by atoms with Gasteiger partial charge in [0.1, 0.15) is 0 Å². The molecule has 0 bridgehead atoms. The summed E-state index contributed by atoms with van der Waals surface area (Å²) in [5.74, 6) is 0. The first-order chi connectivity index (χ1) is 8.43. The Kier molecular flexibility index (Phi) is 6.64. The standard InChI is InChI=1S/C11H15Cl2O4P/c1-2-16-18(14,15)17-5-3-4-9-6-10(12)8-11(13)7-9/h6-8H,2-5H2,1H3,(H,14,15). The zero-order valence-corrected chi connectivity index (χ0v) is 12.3. The molecule has 0 heterocycles. The van der Waals surface area contributed by atoms with Crippen LogP contribution in [0.4, 0.5) is 0 Å². The number of phosphoric acid groups is 1. The van der Waals surface area contributed by atoms with Crippen LogP contribution in [0.25, 0.3) is 0 Å². The Bertz CT molecular complexity index is 419. The highest BCUT2D eigenvalue weighted by Gasteiger charge is 2.18. The van der Waals surface area contributed by atoms with Crippen molar-refractivity contribution in [1.82, 2.24) is 0 Å². The Morgan fingerprint density at radius 2 is 1.83 bits per heavy atom. The van der Waals surface area contributed by atoms with Crippen LogP contribution in [0.5, 0.6) is 0 Å². The first kappa shape index (κ1) is 16.0. The van der Waals surface area contributed by atoms with Gasteiger partial charge in [0.2, 0.25) is 0 Å². The summed E-state index contributed by atoms with van der Waals surface area (Å²) in [6, 6.07) is 5.25. The van der Waals surface area contributed by atoms with Gasteiger partial charge < -0.3 is 4.89 Å². The van der Waals surface area contributed by atoms with Crippen LogP contribution in [0.15, 0.2) is 18.2 Å². The van der Waals surface area contributed by atoms with Crippen molar-refractivity contribution in [2.24, 2.45) is 0 Å². The molecule has 1 aromatic rings. The fraction of sp³-hybridized carbons (Fsp3) is 0.455. The lowest BCUT2D eigenvalue weighted by Crippen LogP contribution is -1.98. The molecule has 1 aromatic carbocycles. The lowest BCUT2D eigenvalue weighted by Gasteiger charge is -2.10. The fourth-order valence-electron chi connectivity index (χ4n) is 1.41. The van der Waals surface area contributed by atoms with E-state index in [9.17, 15) is 4.57 Å². The van der Waals surface area contributed by atoms with E-state index in [0.717, 1.165) is 5.56 Å². The van der Waals surface area contributed by atoms with Gasteiger partial charge in [0.15, 0.2) is 0 Å². The van der Waals surface area contributed by atoms with Crippen molar-refractivity contribution in [2.75, 3.05) is 13.2 Å². The van der Waals surface area contributed by atoms with E-state index >= 15 is 0 Å². The number of hydrogen-bond acceptors (Lipinski definition) is 3. The van der Waals surface area contributed by atoms with Gasteiger partial charge in [-0.1, -0.05) is 23.2 Å². The van der Waals surface area contributed by atoms with Crippen LogP contribution < -0.4 is 0 Å². The van der Waals surface area contributed by atoms with Crippen molar-refractivity contribution in [1.29, 1.82) is 0 Å². The van der Waals surface area contributed by atoms with E-state index in [-0.39, 0.29) is 13.2 Å². The first-order valence-corrected chi connectivity index (χ1v) is 7.75. The minimum atomic E-state index is -3.88. The maximum atomic E-state index is 11.2. The Hall–Kier alpha value is -0.0900. The first-order valence-electron chi connectivity index (χ1n) is 5.50. The summed E-state index contributed by atoms with van der Waals surface area (Å²) in [5, 5.41) is 1.14. The molecule has 18 heavy (non-hydrogen) atoms. The molecule has 1 unspecified atom stereocenters. The molecule has 0 aromatic heterocycles. The highest BCUT2D eigenvalue weighted by Crippen LogP contribution is 2.42. The zero-order chi connectivity index (χ0) is 13.6. The molecule has 0 fully saturated rings. The molecule has 0 saturated carbocycles. The summed E-state index contributed by atoms with van der Waals surface area (Å²) >= 11 is 11.7. The summed E-state index contributed by atoms with van der Waals surface area (Å²) in [7, 11) is -3.88. The van der Waals surface area contributed by atoms with E-state index in [4.69, 9.17) is 32.6 Å². The summed E-state index contributed by atoms with van der Waals surface area (Å²) in [6.07, 6.45) is 1.24. The molecular formula is C11H15Cl2O4P. The molecule has 1 rings (SSSR count). The second-order valence-corrected chi connectivity index (χ2v) is 5.93. The van der Waals surface area contributed by atoms with Crippen LogP contribution in [0.1, 0.15) is 18.9 Å². The molecule has 4 nitrogen and oxygen atoms in total. The van der Waals surface area contributed by atoms with E-state index in [2.05, 4.69) is 4.52 Å². The zero-order valence-electron chi connectivity index (χ0n) is 9.94. The predicted molar refractivity (Wildman–Crippen MR) is 72.2 cm³/mol. The third-order valence-electron chi connectivity index (χ3n) is 2.08. The van der Waals surface area contributed by atoms with Gasteiger partial charge in [0.05, 0.1) is 13.2 Å². The highest BCUT2D eigenvalue weighted by atomic mass is 35.5. The number of phosphoric ester groups is 1. The number of halogens is 2. The van der Waals surface area contributed by atoms with E-state index in [1.165, 1.54) is 0 Å². The topological polar surface area (TPSA) is 55.8 Å². The van der Waals surface area contributed by atoms with Gasteiger partial charge in [-0.25, -0.2) is 4.57 Å². The molecule has 102 valence electrons. The largest absolute Gasteiger partial charge is 0.472 e. The molecule has 0 saturated heterocycles. The van der Waals surface area contributed by atoms with Gasteiger partial charge in [-0.3, -0.25) is 9.05 Å². The molecule has 0 radical (unpaired) electrons. The summed E-state index contributed by atoms with van der Waals surface area (Å²) in [6.45, 7) is 1.90. The Morgan fingerprint density at radius 3 is 2.39 bits per heavy atom. The third kappa shape index (κ3) is 6.19. The van der Waals surface area contributed by atoms with Crippen LogP contribution in [-0.4, -0.2) is 18.1 Å². The highest BCUT2D eigenvalue weighted by molar-refractivity contribution is 7.47. The van der Waals surface area contributed by atoms with Crippen molar-refractivity contribution >= 4 is 31.0 Å². The Morgan fingerprint density at radius 1 is 1.22 bits per heavy atom. The van der Waals surface area contributed by atoms with Crippen LogP contribution >= 0.6 is 31.0 Å². The Balaban J connectivity index is 2.36. The molecule has 1 N–H and O–H groups in total. The number of rotatable bonds is 7. The monoisotopic (exact) mass is 312 g/mol. The van der Waals surface area contributed by atoms with E-state index in [1.807, 2.05) is 0 Å². The molecular weight excluding hydrogens is 298 g/mol. The SMILES string of the molecule is CCOP(=O)(O)OCCCc1cc(Cl)cc(Cl)c1. The van der Waals surface area contributed by atoms with Crippen molar-refractivity contribution < 1.29 is 18.5 Å². The smallest absolute Gasteiger partial charge is 0.302 e. The number of benzene rings is 1. The average Bonchev–Trinajstić information content (AvgIpc) is 2.23. The maximum absolute atomic E-state index is 11.2. The fourth-order valence-corrected chi connectivity index (χ4v) is 2.74. The van der Waals surface area contributed by atoms with Crippen molar-refractivity contribution in [2.45, 2.75) is 19.8 Å². The van der Waals surface area contributed by atoms with Gasteiger partial charge in [-0.15, -0.1) is 0 Å². The molecule has 0 aliphatic heterocycles. The molecule has 0 spiro atoms. The normalized spacial score (nSPS) is 14.4. The molecule has 1 atom stereocenters. The van der Waals surface area contributed by atoms with Crippen molar-refractivity contribution in [3.05, 3.63) is 33.8 Å². The van der Waals surface area contributed by atoms with Gasteiger partial charge in [0, 0.05) is 10.0 Å². The maximum Gasteiger partial charge on any atom is 0.472 e. The van der Waals surface area contributed by atoms with Crippen LogP contribution in [0, 0.1) is 0 Å².